The summed E-state index contributed by atoms with van der Waals surface area (Å²) in [6.45, 7) is 7.46. The third-order valence-electron chi connectivity index (χ3n) is 4.38. The number of phosphoric ester groups is 1. The molecule has 1 aliphatic rings. The Morgan fingerprint density at radius 1 is 1.00 bits per heavy atom. The minimum atomic E-state index is -4.23. The van der Waals surface area contributed by atoms with Gasteiger partial charge in [-0.2, -0.15) is 0 Å². The second kappa shape index (κ2) is 11.9. The molecule has 0 aromatic carbocycles. The van der Waals surface area contributed by atoms with Crippen LogP contribution in [0.5, 0.6) is 0 Å². The zero-order chi connectivity index (χ0) is 19.6. The third kappa shape index (κ3) is 8.07. The normalized spacial score (nSPS) is 21.3. The molecule has 26 heavy (non-hydrogen) atoms. The Morgan fingerprint density at radius 2 is 1.54 bits per heavy atom. The average Bonchev–Trinajstić information content (AvgIpc) is 2.55. The maximum Gasteiger partial charge on any atom is 0.472 e. The van der Waals surface area contributed by atoms with Crippen LogP contribution in [0.1, 0.15) is 59.8 Å². The Kier molecular flexibility index (Phi) is 11.1. The van der Waals surface area contributed by atoms with Crippen LogP contribution in [-0.2, 0) is 27.2 Å². The first-order chi connectivity index (χ1) is 12.3. The van der Waals surface area contributed by atoms with E-state index in [1.165, 1.54) is 19.3 Å². The molecular formula is C16H35NO7P2. The minimum Gasteiger partial charge on any atom is -0.313 e. The summed E-state index contributed by atoms with van der Waals surface area (Å²) >= 11 is 0. The van der Waals surface area contributed by atoms with Crippen LogP contribution in [0.2, 0.25) is 0 Å². The van der Waals surface area contributed by atoms with Crippen molar-refractivity contribution in [1.29, 1.82) is 0 Å². The number of hydrogen-bond donors (Lipinski definition) is 2. The molecule has 0 bridgehead atoms. The molecule has 3 atom stereocenters. The van der Waals surface area contributed by atoms with Gasteiger partial charge in [0.15, 0.2) is 0 Å². The molecule has 10 heteroatoms. The number of rotatable bonds is 13. The molecular weight excluding hydrogens is 380 g/mol. The fourth-order valence-corrected chi connectivity index (χ4v) is 6.32. The van der Waals surface area contributed by atoms with E-state index in [4.69, 9.17) is 18.1 Å². The lowest BCUT2D eigenvalue weighted by atomic mass is 9.95. The largest absolute Gasteiger partial charge is 0.472 e. The smallest absolute Gasteiger partial charge is 0.313 e. The van der Waals surface area contributed by atoms with E-state index in [0.29, 0.717) is 12.6 Å². The Labute approximate surface area is 157 Å². The van der Waals surface area contributed by atoms with Crippen molar-refractivity contribution in [3.63, 3.8) is 0 Å². The molecule has 0 amide bonds. The van der Waals surface area contributed by atoms with Gasteiger partial charge < -0.3 is 19.3 Å². The monoisotopic (exact) mass is 415 g/mol. The van der Waals surface area contributed by atoms with Gasteiger partial charge in [-0.25, -0.2) is 4.57 Å². The fourth-order valence-electron chi connectivity index (χ4n) is 3.19. The van der Waals surface area contributed by atoms with E-state index in [2.05, 4.69) is 5.32 Å². The van der Waals surface area contributed by atoms with Crippen LogP contribution in [0, 0.1) is 0 Å². The molecule has 1 aliphatic carbocycles. The van der Waals surface area contributed by atoms with Crippen LogP contribution in [0.15, 0.2) is 0 Å². The first-order valence-corrected chi connectivity index (χ1v) is 12.7. The van der Waals surface area contributed by atoms with E-state index in [-0.39, 0.29) is 19.8 Å². The zero-order valence-electron chi connectivity index (χ0n) is 16.4. The highest BCUT2D eigenvalue weighted by atomic mass is 31.2. The molecule has 156 valence electrons. The molecule has 1 fully saturated rings. The van der Waals surface area contributed by atoms with Crippen molar-refractivity contribution < 1.29 is 32.1 Å². The first kappa shape index (κ1) is 24.3. The number of nitrogens with one attached hydrogen (secondary N) is 1. The van der Waals surface area contributed by atoms with Gasteiger partial charge >= 0.3 is 15.4 Å². The predicted molar refractivity (Wildman–Crippen MR) is 102 cm³/mol. The summed E-state index contributed by atoms with van der Waals surface area (Å²) in [6.07, 6.45) is 4.84. The SMILES string of the molecule is CCOP(=O)(O)OC(C)C(CNC1CCCCC1)P(=O)(OCC)OCC. The van der Waals surface area contributed by atoms with Gasteiger partial charge in [-0.05, 0) is 40.5 Å². The maximum atomic E-state index is 13.3. The van der Waals surface area contributed by atoms with E-state index in [1.807, 2.05) is 0 Å². The summed E-state index contributed by atoms with van der Waals surface area (Å²) in [4.78, 5) is 9.80. The first-order valence-electron chi connectivity index (χ1n) is 9.55. The predicted octanol–water partition coefficient (Wildman–Crippen LogP) is 4.09. The van der Waals surface area contributed by atoms with E-state index in [1.54, 1.807) is 27.7 Å². The summed E-state index contributed by atoms with van der Waals surface area (Å²) in [7, 11) is -7.76. The topological polar surface area (TPSA) is 103 Å². The van der Waals surface area contributed by atoms with Crippen molar-refractivity contribution in [2.75, 3.05) is 26.4 Å². The van der Waals surface area contributed by atoms with Crippen molar-refractivity contribution in [2.24, 2.45) is 0 Å². The average molecular weight is 415 g/mol. The molecule has 0 heterocycles. The van der Waals surface area contributed by atoms with Gasteiger partial charge in [-0.3, -0.25) is 13.6 Å². The van der Waals surface area contributed by atoms with Crippen molar-refractivity contribution in [3.05, 3.63) is 0 Å². The van der Waals surface area contributed by atoms with Crippen LogP contribution < -0.4 is 5.32 Å². The summed E-state index contributed by atoms with van der Waals surface area (Å²) in [6, 6.07) is 0.336. The van der Waals surface area contributed by atoms with Crippen molar-refractivity contribution in [1.82, 2.24) is 5.32 Å². The molecule has 2 N–H and O–H groups in total. The third-order valence-corrected chi connectivity index (χ3v) is 8.21. The summed E-state index contributed by atoms with van der Waals surface area (Å²) < 4.78 is 46.2. The lowest BCUT2D eigenvalue weighted by Crippen LogP contribution is -2.42. The molecule has 0 aliphatic heterocycles. The Balaban J connectivity index is 2.90. The highest BCUT2D eigenvalue weighted by Crippen LogP contribution is 2.56. The van der Waals surface area contributed by atoms with Crippen LogP contribution in [0.25, 0.3) is 0 Å². The molecule has 0 aromatic heterocycles. The van der Waals surface area contributed by atoms with Gasteiger partial charge in [-0.1, -0.05) is 19.3 Å². The number of hydrogen-bond acceptors (Lipinski definition) is 7. The van der Waals surface area contributed by atoms with Gasteiger partial charge in [0.1, 0.15) is 5.66 Å². The Morgan fingerprint density at radius 3 is 2.04 bits per heavy atom. The van der Waals surface area contributed by atoms with E-state index >= 15 is 0 Å². The quantitative estimate of drug-likeness (QED) is 0.434. The zero-order valence-corrected chi connectivity index (χ0v) is 18.2. The Bertz CT molecular complexity index is 475. The highest BCUT2D eigenvalue weighted by molar-refractivity contribution is 7.54. The van der Waals surface area contributed by atoms with E-state index < -0.39 is 27.2 Å². The number of phosphoric acid groups is 1. The maximum absolute atomic E-state index is 13.3. The van der Waals surface area contributed by atoms with E-state index in [9.17, 15) is 14.0 Å². The molecule has 0 aromatic rings. The van der Waals surface area contributed by atoms with Gasteiger partial charge in [0.2, 0.25) is 0 Å². The molecule has 0 radical (unpaired) electrons. The van der Waals surface area contributed by atoms with Crippen molar-refractivity contribution in [3.8, 4) is 0 Å². The van der Waals surface area contributed by atoms with Gasteiger partial charge in [-0.15, -0.1) is 0 Å². The lowest BCUT2D eigenvalue weighted by molar-refractivity contribution is 0.103. The van der Waals surface area contributed by atoms with E-state index in [0.717, 1.165) is 12.8 Å². The van der Waals surface area contributed by atoms with Crippen molar-refractivity contribution in [2.45, 2.75) is 77.6 Å². The van der Waals surface area contributed by atoms with Crippen LogP contribution >= 0.6 is 15.4 Å². The van der Waals surface area contributed by atoms with Crippen LogP contribution in [0.4, 0.5) is 0 Å². The summed E-state index contributed by atoms with van der Waals surface area (Å²) in [5, 5.41) is 3.42. The summed E-state index contributed by atoms with van der Waals surface area (Å²) in [5.41, 5.74) is -0.717. The molecule has 8 nitrogen and oxygen atoms in total. The Hall–Kier alpha value is 0.220. The van der Waals surface area contributed by atoms with Crippen molar-refractivity contribution >= 4 is 15.4 Å². The molecule has 3 unspecified atom stereocenters. The van der Waals surface area contributed by atoms with Gasteiger partial charge in [0.25, 0.3) is 0 Å². The minimum absolute atomic E-state index is 0.0417. The summed E-state index contributed by atoms with van der Waals surface area (Å²) in [5.74, 6) is 0. The second-order valence-electron chi connectivity index (χ2n) is 6.38. The van der Waals surface area contributed by atoms with Crippen LogP contribution in [-0.4, -0.2) is 49.1 Å². The molecule has 1 rings (SSSR count). The van der Waals surface area contributed by atoms with Gasteiger partial charge in [0, 0.05) is 12.6 Å². The molecule has 0 saturated heterocycles. The second-order valence-corrected chi connectivity index (χ2v) is 10.0. The highest BCUT2D eigenvalue weighted by Gasteiger charge is 2.42. The lowest BCUT2D eigenvalue weighted by Gasteiger charge is -2.33. The van der Waals surface area contributed by atoms with Gasteiger partial charge in [0.05, 0.1) is 25.9 Å². The van der Waals surface area contributed by atoms with Crippen LogP contribution in [0.3, 0.4) is 0 Å². The fraction of sp³-hybridized carbons (Fsp3) is 1.00. The molecule has 0 spiro atoms. The molecule has 1 saturated carbocycles. The standard InChI is InChI=1S/C16H35NO7P2/c1-5-21-25(18,22-6-2)16(13-17-15-11-9-8-10-12-15)14(4)24-26(19,20)23-7-3/h14-17H,5-13H2,1-4H3,(H,19,20).